The molecule has 1 aromatic rings. The second-order valence-electron chi connectivity index (χ2n) is 7.13. The molecular weight excluding hydrogens is 420 g/mol. The molecule has 0 radical (unpaired) electrons. The highest BCUT2D eigenvalue weighted by Gasteiger charge is 2.38. The number of anilines is 1. The van der Waals surface area contributed by atoms with Gasteiger partial charge in [0.2, 0.25) is 26.0 Å². The molecule has 2 heterocycles. The Bertz CT molecular complexity index is 1030. The van der Waals surface area contributed by atoms with Crippen molar-refractivity contribution in [3.63, 3.8) is 0 Å². The second kappa shape index (κ2) is 8.04. The topological polar surface area (TPSA) is 118 Å². The minimum Gasteiger partial charge on any atom is -0.466 e. The van der Waals surface area contributed by atoms with Crippen LogP contribution in [0.15, 0.2) is 23.1 Å². The monoisotopic (exact) mass is 444 g/mol. The van der Waals surface area contributed by atoms with Gasteiger partial charge in [0.25, 0.3) is 0 Å². The number of piperidine rings is 1. The average molecular weight is 445 g/mol. The van der Waals surface area contributed by atoms with Crippen LogP contribution in [0.3, 0.4) is 0 Å². The van der Waals surface area contributed by atoms with E-state index in [2.05, 4.69) is 0 Å². The summed E-state index contributed by atoms with van der Waals surface area (Å²) in [5.74, 6) is -1.85. The first-order valence-corrected chi connectivity index (χ1v) is 12.5. The molecule has 2 aliphatic rings. The van der Waals surface area contributed by atoms with Crippen molar-refractivity contribution in [1.29, 1.82) is 0 Å². The lowest BCUT2D eigenvalue weighted by atomic mass is 10.0. The van der Waals surface area contributed by atoms with Crippen molar-refractivity contribution < 1.29 is 31.2 Å². The molecule has 0 spiro atoms. The van der Waals surface area contributed by atoms with Crippen molar-refractivity contribution in [2.75, 3.05) is 29.8 Å². The average Bonchev–Trinajstić information content (AvgIpc) is 2.95. The van der Waals surface area contributed by atoms with E-state index in [1.165, 1.54) is 22.5 Å². The van der Waals surface area contributed by atoms with Gasteiger partial charge in [-0.25, -0.2) is 21.1 Å². The van der Waals surface area contributed by atoms with Crippen LogP contribution in [0.4, 0.5) is 5.69 Å². The summed E-state index contributed by atoms with van der Waals surface area (Å²) in [5, 5.41) is 0. The molecule has 0 unspecified atom stereocenters. The summed E-state index contributed by atoms with van der Waals surface area (Å²) in [7, 11) is -7.79. The number of benzene rings is 1. The fourth-order valence-corrected chi connectivity index (χ4v) is 6.83. The van der Waals surface area contributed by atoms with E-state index in [0.29, 0.717) is 22.7 Å². The number of carbonyl (C=O) groups excluding carboxylic acids is 2. The van der Waals surface area contributed by atoms with Crippen molar-refractivity contribution in [2.45, 2.75) is 38.0 Å². The molecule has 2 fully saturated rings. The lowest BCUT2D eigenvalue weighted by Crippen LogP contribution is -2.43. The van der Waals surface area contributed by atoms with Crippen LogP contribution in [0.1, 0.15) is 31.7 Å². The number of carbonyl (C=O) groups is 2. The van der Waals surface area contributed by atoms with Gasteiger partial charge < -0.3 is 4.74 Å². The molecular formula is C18H24N2O7S2. The molecule has 0 N–H and O–H groups in total. The Balaban J connectivity index is 1.95. The van der Waals surface area contributed by atoms with Crippen LogP contribution >= 0.6 is 0 Å². The van der Waals surface area contributed by atoms with E-state index in [-0.39, 0.29) is 42.5 Å². The van der Waals surface area contributed by atoms with Gasteiger partial charge in [-0.05, 0) is 44.4 Å². The molecule has 1 amide bonds. The largest absolute Gasteiger partial charge is 0.466 e. The third kappa shape index (κ3) is 4.17. The molecule has 2 aliphatic heterocycles. The summed E-state index contributed by atoms with van der Waals surface area (Å²) in [5.41, 5.74) is 0.437. The van der Waals surface area contributed by atoms with Gasteiger partial charge in [-0.3, -0.25) is 9.59 Å². The van der Waals surface area contributed by atoms with E-state index >= 15 is 0 Å². The van der Waals surface area contributed by atoms with E-state index in [1.807, 2.05) is 0 Å². The predicted octanol–water partition coefficient (Wildman–Crippen LogP) is 1.03. The van der Waals surface area contributed by atoms with Crippen molar-refractivity contribution >= 4 is 37.6 Å². The number of esters is 1. The number of hydrogen-bond acceptors (Lipinski definition) is 7. The number of hydrogen-bond donors (Lipinski definition) is 0. The van der Waals surface area contributed by atoms with E-state index in [0.717, 1.165) is 0 Å². The quantitative estimate of drug-likeness (QED) is 0.622. The highest BCUT2D eigenvalue weighted by Crippen LogP contribution is 2.32. The Morgan fingerprint density at radius 1 is 1.31 bits per heavy atom. The maximum Gasteiger partial charge on any atom is 0.310 e. The Labute approximate surface area is 170 Å². The maximum atomic E-state index is 13.3. The van der Waals surface area contributed by atoms with Gasteiger partial charge in [-0.15, -0.1) is 0 Å². The molecule has 0 bridgehead atoms. The SMILES string of the molecule is CCOC(=O)[C@@H]1CCCN(S(=O)(=O)c2cc(N3C(=O)CCS3(=O)=O)ccc2C)C1. The molecule has 1 atom stereocenters. The minimum atomic E-state index is -3.99. The Hall–Kier alpha value is -1.98. The van der Waals surface area contributed by atoms with Crippen molar-refractivity contribution in [3.8, 4) is 0 Å². The van der Waals surface area contributed by atoms with E-state index in [4.69, 9.17) is 4.74 Å². The summed E-state index contributed by atoms with van der Waals surface area (Å²) >= 11 is 0. The zero-order chi connectivity index (χ0) is 21.4. The molecule has 2 saturated heterocycles. The molecule has 0 aromatic heterocycles. The van der Waals surface area contributed by atoms with E-state index in [1.54, 1.807) is 13.8 Å². The summed E-state index contributed by atoms with van der Waals surface area (Å²) < 4.78 is 57.8. The smallest absolute Gasteiger partial charge is 0.310 e. The van der Waals surface area contributed by atoms with Gasteiger partial charge in [0.15, 0.2) is 0 Å². The number of amides is 1. The molecule has 0 aliphatic carbocycles. The molecule has 11 heteroatoms. The first-order valence-electron chi connectivity index (χ1n) is 9.41. The number of rotatable bonds is 5. The highest BCUT2D eigenvalue weighted by molar-refractivity contribution is 7.94. The fourth-order valence-electron chi connectivity index (χ4n) is 3.61. The molecule has 29 heavy (non-hydrogen) atoms. The normalized spacial score (nSPS) is 22.6. The van der Waals surface area contributed by atoms with Crippen LogP contribution in [0.2, 0.25) is 0 Å². The van der Waals surface area contributed by atoms with E-state index in [9.17, 15) is 26.4 Å². The fraction of sp³-hybridized carbons (Fsp3) is 0.556. The first kappa shape index (κ1) is 21.7. The van der Waals surface area contributed by atoms with Crippen molar-refractivity contribution in [2.24, 2.45) is 5.92 Å². The van der Waals surface area contributed by atoms with Crippen molar-refractivity contribution in [1.82, 2.24) is 4.31 Å². The standard InChI is InChI=1S/C18H24N2O7S2/c1-3-27-18(22)14-5-4-9-19(12-14)29(25,26)16-11-15(7-6-13(16)2)20-17(21)8-10-28(20,23)24/h6-7,11,14H,3-5,8-10,12H2,1-2H3/t14-/m1/s1. The van der Waals surface area contributed by atoms with Gasteiger partial charge in [0, 0.05) is 19.5 Å². The molecule has 1 aromatic carbocycles. The lowest BCUT2D eigenvalue weighted by molar-refractivity contribution is -0.149. The zero-order valence-electron chi connectivity index (χ0n) is 16.3. The van der Waals surface area contributed by atoms with Crippen LogP contribution in [0, 0.1) is 12.8 Å². The maximum absolute atomic E-state index is 13.3. The highest BCUT2D eigenvalue weighted by atomic mass is 32.2. The number of sulfonamides is 2. The predicted molar refractivity (Wildman–Crippen MR) is 105 cm³/mol. The number of aryl methyl sites for hydroxylation is 1. The van der Waals surface area contributed by atoms with Gasteiger partial charge in [-0.2, -0.15) is 4.31 Å². The first-order chi connectivity index (χ1) is 13.6. The minimum absolute atomic E-state index is 0.00573. The van der Waals surface area contributed by atoms with Crippen LogP contribution in [-0.4, -0.2) is 58.5 Å². The molecule has 3 rings (SSSR count). The number of nitrogens with zero attached hydrogens (tertiary/aromatic N) is 2. The van der Waals surface area contributed by atoms with Gasteiger partial charge in [0.05, 0.1) is 28.9 Å². The van der Waals surface area contributed by atoms with Crippen LogP contribution in [-0.2, 0) is 34.4 Å². The van der Waals surface area contributed by atoms with Gasteiger partial charge in [0.1, 0.15) is 0 Å². The zero-order valence-corrected chi connectivity index (χ0v) is 18.0. The number of ether oxygens (including phenoxy) is 1. The Morgan fingerprint density at radius 3 is 2.66 bits per heavy atom. The van der Waals surface area contributed by atoms with Crippen molar-refractivity contribution in [3.05, 3.63) is 23.8 Å². The van der Waals surface area contributed by atoms with E-state index < -0.39 is 37.8 Å². The van der Waals surface area contributed by atoms with Crippen LogP contribution < -0.4 is 4.31 Å². The van der Waals surface area contributed by atoms with Crippen LogP contribution in [0.5, 0.6) is 0 Å². The summed E-state index contributed by atoms with van der Waals surface area (Å²) in [6.07, 6.45) is 0.927. The summed E-state index contributed by atoms with van der Waals surface area (Å²) in [6, 6.07) is 4.13. The Morgan fingerprint density at radius 2 is 2.03 bits per heavy atom. The summed E-state index contributed by atoms with van der Waals surface area (Å²) in [4.78, 5) is 24.0. The molecule has 0 saturated carbocycles. The van der Waals surface area contributed by atoms with Gasteiger partial charge >= 0.3 is 5.97 Å². The lowest BCUT2D eigenvalue weighted by Gasteiger charge is -2.31. The third-order valence-electron chi connectivity index (χ3n) is 5.11. The molecule has 160 valence electrons. The molecule has 9 nitrogen and oxygen atoms in total. The van der Waals surface area contributed by atoms with Gasteiger partial charge in [-0.1, -0.05) is 6.07 Å². The summed E-state index contributed by atoms with van der Waals surface area (Å²) in [6.45, 7) is 3.78. The van der Waals surface area contributed by atoms with Crippen LogP contribution in [0.25, 0.3) is 0 Å². The second-order valence-corrected chi connectivity index (χ2v) is 11.0. The third-order valence-corrected chi connectivity index (χ3v) is 8.80. The Kier molecular flexibility index (Phi) is 6.02.